The lowest BCUT2D eigenvalue weighted by molar-refractivity contribution is 0.442. The fourth-order valence-electron chi connectivity index (χ4n) is 2.78. The molecule has 4 rings (SSSR count). The first-order valence-corrected chi connectivity index (χ1v) is 9.99. The number of sulfonamides is 1. The predicted octanol–water partition coefficient (Wildman–Crippen LogP) is 2.33. The fraction of sp³-hybridized carbons (Fsp3) is 0.222. The highest BCUT2D eigenvalue weighted by atomic mass is 32.2. The molecule has 9 nitrogen and oxygen atoms in total. The second-order valence-electron chi connectivity index (χ2n) is 6.91. The molecule has 0 aliphatic carbocycles. The molecule has 144 valence electrons. The minimum Gasteiger partial charge on any atom is -0.336 e. The van der Waals surface area contributed by atoms with E-state index in [0.717, 1.165) is 5.69 Å². The van der Waals surface area contributed by atoms with Gasteiger partial charge in [0.25, 0.3) is 5.71 Å². The highest BCUT2D eigenvalue weighted by Gasteiger charge is 2.31. The number of pyridine rings is 1. The van der Waals surface area contributed by atoms with Gasteiger partial charge in [0.1, 0.15) is 10.6 Å². The van der Waals surface area contributed by atoms with Crippen LogP contribution < -0.4 is 4.72 Å². The van der Waals surface area contributed by atoms with Crippen LogP contribution in [-0.2, 0) is 15.6 Å². The van der Waals surface area contributed by atoms with E-state index in [0.29, 0.717) is 22.5 Å². The molecule has 1 N–H and O–H groups in total. The van der Waals surface area contributed by atoms with Gasteiger partial charge in [0.2, 0.25) is 10.0 Å². The Hall–Kier alpha value is -3.11. The number of aromatic nitrogens is 5. The van der Waals surface area contributed by atoms with E-state index in [2.05, 4.69) is 25.2 Å². The summed E-state index contributed by atoms with van der Waals surface area (Å²) in [6.07, 6.45) is 2.94. The van der Waals surface area contributed by atoms with Crippen LogP contribution in [0.15, 0.2) is 58.2 Å². The maximum absolute atomic E-state index is 12.9. The van der Waals surface area contributed by atoms with Crippen LogP contribution in [0.25, 0.3) is 16.8 Å². The predicted molar refractivity (Wildman–Crippen MR) is 101 cm³/mol. The molecule has 1 aromatic carbocycles. The Morgan fingerprint density at radius 2 is 1.93 bits per heavy atom. The third kappa shape index (κ3) is 3.27. The molecule has 0 unspecified atom stereocenters. The summed E-state index contributed by atoms with van der Waals surface area (Å²) in [6, 6.07) is 10.9. The smallest absolute Gasteiger partial charge is 0.257 e. The molecular weight excluding hydrogens is 380 g/mol. The van der Waals surface area contributed by atoms with Crippen molar-refractivity contribution in [1.29, 1.82) is 0 Å². The third-order valence-electron chi connectivity index (χ3n) is 4.34. The van der Waals surface area contributed by atoms with Crippen LogP contribution in [0.4, 0.5) is 0 Å². The Balaban J connectivity index is 1.64. The number of fused-ring (bicyclic) bond motifs is 1. The zero-order valence-electron chi connectivity index (χ0n) is 15.5. The first kappa shape index (κ1) is 18.3. The number of rotatable bonds is 5. The minimum absolute atomic E-state index is 0.0230. The molecule has 0 bridgehead atoms. The molecule has 3 heterocycles. The van der Waals surface area contributed by atoms with E-state index in [9.17, 15) is 8.42 Å². The number of nitrogens with one attached hydrogen (secondary N) is 1. The van der Waals surface area contributed by atoms with E-state index < -0.39 is 15.6 Å². The quantitative estimate of drug-likeness (QED) is 0.548. The zero-order chi connectivity index (χ0) is 19.9. The fourth-order valence-corrected chi connectivity index (χ4v) is 4.14. The van der Waals surface area contributed by atoms with E-state index in [-0.39, 0.29) is 4.90 Å². The average molecular weight is 398 g/mol. The summed E-state index contributed by atoms with van der Waals surface area (Å²) in [5.41, 5.74) is 1.18. The Bertz CT molecular complexity index is 1240. The topological polar surface area (TPSA) is 116 Å². The van der Waals surface area contributed by atoms with Gasteiger partial charge >= 0.3 is 0 Å². The maximum atomic E-state index is 12.9. The van der Waals surface area contributed by atoms with Gasteiger partial charge in [0.05, 0.1) is 34.7 Å². The zero-order valence-corrected chi connectivity index (χ0v) is 16.3. The van der Waals surface area contributed by atoms with Crippen LogP contribution in [-0.4, -0.2) is 33.6 Å². The molecule has 0 atom stereocenters. The summed E-state index contributed by atoms with van der Waals surface area (Å²) in [7, 11) is -3.87. The summed E-state index contributed by atoms with van der Waals surface area (Å²) < 4.78 is 35.1. The molecule has 0 saturated heterocycles. The molecule has 3 aromatic heterocycles. The van der Waals surface area contributed by atoms with Crippen molar-refractivity contribution >= 4 is 21.1 Å². The van der Waals surface area contributed by atoms with Gasteiger partial charge in [0.15, 0.2) is 0 Å². The number of hydrogen-bond acceptors (Lipinski definition) is 7. The van der Waals surface area contributed by atoms with Crippen molar-refractivity contribution in [2.24, 2.45) is 0 Å². The molecule has 0 fully saturated rings. The summed E-state index contributed by atoms with van der Waals surface area (Å²) in [5, 5.41) is 12.6. The second kappa shape index (κ2) is 6.50. The normalized spacial score (nSPS) is 12.5. The summed E-state index contributed by atoms with van der Waals surface area (Å²) in [4.78, 5) is 4.06. The Morgan fingerprint density at radius 3 is 2.68 bits per heavy atom. The van der Waals surface area contributed by atoms with Crippen LogP contribution in [0.1, 0.15) is 25.2 Å². The van der Waals surface area contributed by atoms with Crippen molar-refractivity contribution in [1.82, 2.24) is 29.9 Å². The first-order chi connectivity index (χ1) is 13.3. The Kier molecular flexibility index (Phi) is 4.24. The molecule has 4 aromatic rings. The lowest BCUT2D eigenvalue weighted by atomic mass is 10.0. The van der Waals surface area contributed by atoms with E-state index in [4.69, 9.17) is 4.52 Å². The molecule has 0 aliphatic heterocycles. The highest BCUT2D eigenvalue weighted by Crippen LogP contribution is 2.24. The Morgan fingerprint density at radius 1 is 1.18 bits per heavy atom. The van der Waals surface area contributed by atoms with Gasteiger partial charge < -0.3 is 4.52 Å². The number of para-hydroxylation sites is 1. The lowest BCUT2D eigenvalue weighted by Gasteiger charge is -2.23. The molecule has 28 heavy (non-hydrogen) atoms. The van der Waals surface area contributed by atoms with Crippen molar-refractivity contribution in [3.8, 4) is 5.69 Å². The summed E-state index contributed by atoms with van der Waals surface area (Å²) >= 11 is 0. The van der Waals surface area contributed by atoms with Crippen LogP contribution in [0.2, 0.25) is 0 Å². The van der Waals surface area contributed by atoms with E-state index in [1.165, 1.54) is 12.3 Å². The monoisotopic (exact) mass is 398 g/mol. The Labute approximate surface area is 161 Å². The molecule has 0 spiro atoms. The average Bonchev–Trinajstić information content (AvgIpc) is 3.30. The molecular formula is C18H18N6O3S. The van der Waals surface area contributed by atoms with Gasteiger partial charge in [-0.2, -0.15) is 4.72 Å². The van der Waals surface area contributed by atoms with Crippen molar-refractivity contribution in [2.45, 2.75) is 31.2 Å². The van der Waals surface area contributed by atoms with Crippen LogP contribution in [0.3, 0.4) is 0 Å². The lowest BCUT2D eigenvalue weighted by Crippen LogP contribution is -2.41. The van der Waals surface area contributed by atoms with Gasteiger partial charge in [-0.25, -0.2) is 18.1 Å². The molecule has 0 saturated carbocycles. The van der Waals surface area contributed by atoms with E-state index >= 15 is 0 Å². The van der Waals surface area contributed by atoms with Gasteiger partial charge in [-0.15, -0.1) is 5.10 Å². The van der Waals surface area contributed by atoms with Crippen molar-refractivity contribution < 1.29 is 12.9 Å². The van der Waals surface area contributed by atoms with Gasteiger partial charge in [-0.05, 0) is 39.0 Å². The summed E-state index contributed by atoms with van der Waals surface area (Å²) in [5.74, 6) is 0. The highest BCUT2D eigenvalue weighted by molar-refractivity contribution is 7.89. The van der Waals surface area contributed by atoms with Crippen molar-refractivity contribution in [3.05, 3.63) is 60.2 Å². The molecule has 0 aliphatic rings. The number of nitrogens with zero attached hydrogens (tertiary/aromatic N) is 5. The van der Waals surface area contributed by atoms with E-state index in [1.807, 2.05) is 30.3 Å². The van der Waals surface area contributed by atoms with Crippen molar-refractivity contribution in [3.63, 3.8) is 0 Å². The van der Waals surface area contributed by atoms with E-state index in [1.54, 1.807) is 31.6 Å². The van der Waals surface area contributed by atoms with Crippen molar-refractivity contribution in [2.75, 3.05) is 0 Å². The number of hydrogen-bond donors (Lipinski definition) is 1. The van der Waals surface area contributed by atoms with Gasteiger partial charge in [-0.3, -0.25) is 0 Å². The van der Waals surface area contributed by atoms with Gasteiger partial charge in [0, 0.05) is 0 Å². The molecule has 10 heteroatoms. The number of benzene rings is 1. The number of aryl methyl sites for hydroxylation is 1. The summed E-state index contributed by atoms with van der Waals surface area (Å²) in [6.45, 7) is 5.17. The maximum Gasteiger partial charge on any atom is 0.257 e. The van der Waals surface area contributed by atoms with Crippen LogP contribution in [0, 0.1) is 6.92 Å². The molecule has 0 amide bonds. The largest absolute Gasteiger partial charge is 0.336 e. The minimum atomic E-state index is -3.87. The van der Waals surface area contributed by atoms with Gasteiger partial charge in [-0.1, -0.05) is 28.6 Å². The second-order valence-corrected chi connectivity index (χ2v) is 8.59. The third-order valence-corrected chi connectivity index (χ3v) is 5.96. The molecule has 0 radical (unpaired) electrons. The van der Waals surface area contributed by atoms with Crippen LogP contribution in [0.5, 0.6) is 0 Å². The SMILES string of the molecule is Cc1noc2ncc(S(=O)(=O)NC(C)(C)c3cn(-c4ccccc4)nn3)cc12. The first-order valence-electron chi connectivity index (χ1n) is 8.50. The van der Waals surface area contributed by atoms with Crippen LogP contribution >= 0.6 is 0 Å². The standard InChI is InChI=1S/C18H18N6O3S/c1-12-15-9-14(10-19-17(15)27-21-12)28(25,26)22-18(2,3)16-11-24(23-20-16)13-7-5-4-6-8-13/h4-11,22H,1-3H3.